The van der Waals surface area contributed by atoms with Crippen molar-refractivity contribution in [2.45, 2.75) is 6.54 Å². The number of anilines is 1. The third-order valence-corrected chi connectivity index (χ3v) is 2.44. The zero-order valence-electron chi connectivity index (χ0n) is 8.63. The van der Waals surface area contributed by atoms with Gasteiger partial charge in [-0.3, -0.25) is 5.10 Å². The molecule has 0 aliphatic heterocycles. The Kier molecular flexibility index (Phi) is 2.37. The normalized spacial score (nSPS) is 10.9. The highest BCUT2D eigenvalue weighted by atomic mass is 35.5. The summed E-state index contributed by atoms with van der Waals surface area (Å²) in [5.41, 5.74) is 1.03. The number of H-pyrrole nitrogens is 1. The van der Waals surface area contributed by atoms with Crippen LogP contribution in [0.3, 0.4) is 0 Å². The minimum atomic E-state index is 0.375. The Morgan fingerprint density at radius 1 is 1.47 bits per heavy atom. The van der Waals surface area contributed by atoms with E-state index in [0.29, 0.717) is 17.5 Å². The van der Waals surface area contributed by atoms with Crippen molar-refractivity contribution in [2.24, 2.45) is 0 Å². The van der Waals surface area contributed by atoms with Crippen molar-refractivity contribution < 1.29 is 0 Å². The van der Waals surface area contributed by atoms with Crippen molar-refractivity contribution in [1.29, 1.82) is 0 Å². The van der Waals surface area contributed by atoms with E-state index in [2.05, 4.69) is 30.6 Å². The molecule has 0 amide bonds. The molecule has 3 aromatic rings. The Hall–Kier alpha value is -2.15. The monoisotopic (exact) mass is 249 g/mol. The van der Waals surface area contributed by atoms with Gasteiger partial charge in [0, 0.05) is 24.4 Å². The number of nitrogens with zero attached hydrogens (tertiary/aromatic N) is 5. The van der Waals surface area contributed by atoms with Gasteiger partial charge in [-0.2, -0.15) is 24.7 Å². The molecule has 17 heavy (non-hydrogen) atoms. The summed E-state index contributed by atoms with van der Waals surface area (Å²) in [6.45, 7) is 0.617. The first-order valence-corrected chi connectivity index (χ1v) is 5.28. The van der Waals surface area contributed by atoms with Gasteiger partial charge in [-0.05, 0) is 0 Å². The lowest BCUT2D eigenvalue weighted by Gasteiger charge is -2.06. The first kappa shape index (κ1) is 10.0. The van der Waals surface area contributed by atoms with Gasteiger partial charge in [-0.25, -0.2) is 0 Å². The van der Waals surface area contributed by atoms with Crippen LogP contribution in [0.4, 0.5) is 5.82 Å². The average molecular weight is 250 g/mol. The van der Waals surface area contributed by atoms with Gasteiger partial charge in [0.2, 0.25) is 0 Å². The molecule has 0 fully saturated rings. The summed E-state index contributed by atoms with van der Waals surface area (Å²) in [7, 11) is 0. The Morgan fingerprint density at radius 3 is 3.24 bits per heavy atom. The maximum Gasteiger partial charge on any atom is 0.255 e. The van der Waals surface area contributed by atoms with Crippen LogP contribution < -0.4 is 5.32 Å². The number of hydrogen-bond donors (Lipinski definition) is 2. The summed E-state index contributed by atoms with van der Waals surface area (Å²) in [6, 6.07) is 1.70. The number of rotatable bonds is 3. The second-order valence-corrected chi connectivity index (χ2v) is 3.78. The fraction of sp³-hybridized carbons (Fsp3) is 0.111. The highest BCUT2D eigenvalue weighted by Crippen LogP contribution is 2.15. The van der Waals surface area contributed by atoms with Crippen molar-refractivity contribution in [3.8, 4) is 0 Å². The molecule has 3 heterocycles. The molecule has 0 saturated carbocycles. The zero-order valence-corrected chi connectivity index (χ0v) is 9.39. The smallest absolute Gasteiger partial charge is 0.255 e. The lowest BCUT2D eigenvalue weighted by molar-refractivity contribution is 0.925. The molecule has 3 rings (SSSR count). The van der Waals surface area contributed by atoms with Crippen LogP contribution in [0.2, 0.25) is 5.15 Å². The summed E-state index contributed by atoms with van der Waals surface area (Å²) in [5.74, 6) is 1.20. The number of hydrogen-bond acceptors (Lipinski definition) is 5. The number of halogens is 1. The molecule has 7 nitrogen and oxygen atoms in total. The van der Waals surface area contributed by atoms with Gasteiger partial charge in [0.25, 0.3) is 5.78 Å². The second kappa shape index (κ2) is 4.02. The lowest BCUT2D eigenvalue weighted by Crippen LogP contribution is -2.05. The van der Waals surface area contributed by atoms with Crippen LogP contribution >= 0.6 is 11.6 Å². The fourth-order valence-corrected chi connectivity index (χ4v) is 1.66. The number of fused-ring (bicyclic) bond motifs is 1. The van der Waals surface area contributed by atoms with Gasteiger partial charge in [-0.1, -0.05) is 11.6 Å². The van der Waals surface area contributed by atoms with Crippen LogP contribution in [0.15, 0.2) is 24.8 Å². The molecule has 0 unspecified atom stereocenters. The third-order valence-electron chi connectivity index (χ3n) is 2.25. The first-order valence-electron chi connectivity index (χ1n) is 4.91. The Balaban J connectivity index is 1.91. The van der Waals surface area contributed by atoms with Crippen LogP contribution in [0.1, 0.15) is 5.56 Å². The van der Waals surface area contributed by atoms with Crippen LogP contribution in [-0.4, -0.2) is 29.8 Å². The van der Waals surface area contributed by atoms with Crippen molar-refractivity contribution in [2.75, 3.05) is 5.32 Å². The third kappa shape index (κ3) is 1.92. The number of nitrogens with one attached hydrogen (secondary N) is 2. The van der Waals surface area contributed by atoms with Gasteiger partial charge in [0.05, 0.1) is 6.20 Å². The van der Waals surface area contributed by atoms with Crippen LogP contribution in [0.5, 0.6) is 0 Å². The van der Waals surface area contributed by atoms with E-state index >= 15 is 0 Å². The Bertz CT molecular complexity index is 630. The maximum absolute atomic E-state index is 5.89. The van der Waals surface area contributed by atoms with Gasteiger partial charge >= 0.3 is 0 Å². The number of aromatic amines is 1. The minimum absolute atomic E-state index is 0.375. The SMILES string of the molecule is Clc1cc(NCc2cn[nH]c2)n2ncnc2n1. The second-order valence-electron chi connectivity index (χ2n) is 3.40. The van der Waals surface area contributed by atoms with E-state index in [1.54, 1.807) is 16.8 Å². The van der Waals surface area contributed by atoms with Crippen molar-refractivity contribution in [3.05, 3.63) is 35.5 Å². The summed E-state index contributed by atoms with van der Waals surface area (Å²) in [6.07, 6.45) is 4.99. The molecule has 86 valence electrons. The average Bonchev–Trinajstić information content (AvgIpc) is 2.95. The summed E-state index contributed by atoms with van der Waals surface area (Å²) in [4.78, 5) is 8.02. The molecule has 0 aliphatic rings. The Labute approximate surface area is 101 Å². The van der Waals surface area contributed by atoms with Crippen molar-refractivity contribution in [1.82, 2.24) is 29.8 Å². The molecule has 8 heteroatoms. The molecule has 0 saturated heterocycles. The van der Waals surface area contributed by atoms with E-state index in [-0.39, 0.29) is 0 Å². The standard InChI is InChI=1S/C9H8ClN7/c10-7-1-8(11-2-6-3-13-14-4-6)17-9(16-7)12-5-15-17/h1,3-5,11H,2H2,(H,13,14). The number of aromatic nitrogens is 6. The van der Waals surface area contributed by atoms with E-state index < -0.39 is 0 Å². The van der Waals surface area contributed by atoms with Gasteiger partial charge in [0.1, 0.15) is 17.3 Å². The summed E-state index contributed by atoms with van der Waals surface area (Å²) >= 11 is 5.89. The molecule has 0 spiro atoms. The van der Waals surface area contributed by atoms with Gasteiger partial charge < -0.3 is 5.32 Å². The maximum atomic E-state index is 5.89. The lowest BCUT2D eigenvalue weighted by atomic mass is 10.3. The first-order chi connectivity index (χ1) is 8.33. The van der Waals surface area contributed by atoms with Crippen LogP contribution in [0.25, 0.3) is 5.78 Å². The predicted octanol–water partition coefficient (Wildman–Crippen LogP) is 1.11. The summed E-state index contributed by atoms with van der Waals surface area (Å²) in [5, 5.41) is 14.2. The van der Waals surface area contributed by atoms with E-state index in [4.69, 9.17) is 11.6 Å². The summed E-state index contributed by atoms with van der Waals surface area (Å²) < 4.78 is 1.59. The molecule has 0 bridgehead atoms. The molecule has 3 aromatic heterocycles. The van der Waals surface area contributed by atoms with Crippen LogP contribution in [-0.2, 0) is 6.54 Å². The molecule has 0 atom stereocenters. The molecular weight excluding hydrogens is 242 g/mol. The topological polar surface area (TPSA) is 83.8 Å². The molecule has 0 radical (unpaired) electrons. The fourth-order valence-electron chi connectivity index (χ4n) is 1.48. The van der Waals surface area contributed by atoms with E-state index in [1.807, 2.05) is 6.20 Å². The Morgan fingerprint density at radius 2 is 2.41 bits per heavy atom. The molecular formula is C9H8ClN7. The molecule has 2 N–H and O–H groups in total. The van der Waals surface area contributed by atoms with E-state index in [9.17, 15) is 0 Å². The zero-order chi connectivity index (χ0) is 11.7. The van der Waals surface area contributed by atoms with Gasteiger partial charge in [-0.15, -0.1) is 0 Å². The largest absolute Gasteiger partial charge is 0.366 e. The van der Waals surface area contributed by atoms with E-state index in [1.165, 1.54) is 6.33 Å². The van der Waals surface area contributed by atoms with Crippen molar-refractivity contribution >= 4 is 23.2 Å². The predicted molar refractivity (Wildman–Crippen MR) is 61.7 cm³/mol. The molecule has 0 aliphatic carbocycles. The van der Waals surface area contributed by atoms with E-state index in [0.717, 1.165) is 11.4 Å². The highest BCUT2D eigenvalue weighted by molar-refractivity contribution is 6.29. The van der Waals surface area contributed by atoms with Crippen molar-refractivity contribution in [3.63, 3.8) is 0 Å². The quantitative estimate of drug-likeness (QED) is 0.680. The van der Waals surface area contributed by atoms with Gasteiger partial charge in [0.15, 0.2) is 0 Å². The van der Waals surface area contributed by atoms with Crippen LogP contribution in [0, 0.1) is 0 Å². The highest BCUT2D eigenvalue weighted by Gasteiger charge is 2.06. The minimum Gasteiger partial charge on any atom is -0.366 e. The molecule has 0 aromatic carbocycles.